The molecule has 0 unspecified atom stereocenters. The van der Waals surface area contributed by atoms with Crippen LogP contribution in [0.15, 0.2) is 18.2 Å². The summed E-state index contributed by atoms with van der Waals surface area (Å²) in [6, 6.07) is 3.43. The number of aryl methyl sites for hydroxylation is 1. The summed E-state index contributed by atoms with van der Waals surface area (Å²) in [6.45, 7) is 5.49. The van der Waals surface area contributed by atoms with Crippen LogP contribution in [0.1, 0.15) is 43.0 Å². The van der Waals surface area contributed by atoms with E-state index in [0.717, 1.165) is 30.7 Å². The molecule has 1 atom stereocenters. The molecular weight excluding hydrogens is 385 g/mol. The van der Waals surface area contributed by atoms with Crippen LogP contribution in [0, 0.1) is 12.7 Å². The summed E-state index contributed by atoms with van der Waals surface area (Å²) in [5.41, 5.74) is 1.74. The van der Waals surface area contributed by atoms with E-state index in [1.165, 1.54) is 0 Å². The van der Waals surface area contributed by atoms with Gasteiger partial charge >= 0.3 is 0 Å². The zero-order chi connectivity index (χ0) is 21.3. The number of anilines is 3. The fourth-order valence-electron chi connectivity index (χ4n) is 3.96. The van der Waals surface area contributed by atoms with Crippen LogP contribution in [0.3, 0.4) is 0 Å². The Kier molecular flexibility index (Phi) is 5.62. The Hall–Kier alpha value is -2.71. The zero-order valence-corrected chi connectivity index (χ0v) is 17.6. The maximum absolute atomic E-state index is 15.8. The van der Waals surface area contributed by atoms with Crippen molar-refractivity contribution in [1.82, 2.24) is 15.3 Å². The number of aromatic nitrogens is 2. The second-order valence-corrected chi connectivity index (χ2v) is 7.99. The number of fused-ring (bicyclic) bond motifs is 1. The minimum Gasteiger partial charge on any atom is -0.492 e. The monoisotopic (exact) mass is 413 g/mol. The number of allylic oxidation sites excluding steroid dienone is 1. The lowest BCUT2D eigenvalue weighted by atomic mass is 9.85. The Morgan fingerprint density at radius 2 is 2.13 bits per heavy atom. The van der Waals surface area contributed by atoms with Crippen molar-refractivity contribution in [3.8, 4) is 5.75 Å². The second-order valence-electron chi connectivity index (χ2n) is 7.99. The van der Waals surface area contributed by atoms with Gasteiger partial charge in [0.1, 0.15) is 11.6 Å². The van der Waals surface area contributed by atoms with Crippen molar-refractivity contribution >= 4 is 23.0 Å². The molecule has 0 spiro atoms. The number of ether oxygens (including phenoxy) is 1. The summed E-state index contributed by atoms with van der Waals surface area (Å²) < 4.78 is 21.7. The number of benzene rings is 1. The zero-order valence-electron chi connectivity index (χ0n) is 17.6. The molecule has 30 heavy (non-hydrogen) atoms. The third-order valence-corrected chi connectivity index (χ3v) is 5.60. The Labute approximate surface area is 175 Å². The number of hydrogen-bond acceptors (Lipinski definition) is 7. The molecule has 0 aliphatic carbocycles. The van der Waals surface area contributed by atoms with Crippen LogP contribution >= 0.6 is 0 Å². The van der Waals surface area contributed by atoms with Crippen molar-refractivity contribution in [2.75, 3.05) is 37.4 Å². The standard InChI is InChI=1S/C22H28FN5O2/c1-13-11-17(24-3)28-21(26-13)27-16-12-15-20(30-10-7-22(15,2)29)18(19(16)23)14-5-4-8-25-9-6-14/h6,11-12,25,29H,4-5,7-10H2,1-3H3,(H2,24,26,27,28)/t22-/m1/s1. The molecule has 2 aliphatic heterocycles. The minimum atomic E-state index is -1.11. The summed E-state index contributed by atoms with van der Waals surface area (Å²) in [5.74, 6) is 0.938. The van der Waals surface area contributed by atoms with Gasteiger partial charge in [-0.25, -0.2) is 9.37 Å². The lowest BCUT2D eigenvalue weighted by Crippen LogP contribution is -2.30. The Morgan fingerprint density at radius 3 is 2.93 bits per heavy atom. The molecule has 3 heterocycles. The largest absolute Gasteiger partial charge is 0.492 e. The molecule has 0 bridgehead atoms. The van der Waals surface area contributed by atoms with E-state index in [1.807, 2.05) is 19.1 Å². The van der Waals surface area contributed by atoms with Crippen LogP contribution in [0.4, 0.5) is 21.8 Å². The number of rotatable bonds is 4. The highest BCUT2D eigenvalue weighted by Crippen LogP contribution is 2.46. The van der Waals surface area contributed by atoms with Gasteiger partial charge in [-0.2, -0.15) is 4.98 Å². The maximum Gasteiger partial charge on any atom is 0.229 e. The molecule has 4 rings (SSSR count). The molecule has 7 nitrogen and oxygen atoms in total. The minimum absolute atomic E-state index is 0.222. The van der Waals surface area contributed by atoms with E-state index in [1.54, 1.807) is 20.0 Å². The smallest absolute Gasteiger partial charge is 0.229 e. The molecule has 4 N–H and O–H groups in total. The summed E-state index contributed by atoms with van der Waals surface area (Å²) in [6.07, 6.45) is 4.08. The number of hydrogen-bond donors (Lipinski definition) is 4. The molecule has 2 aromatic rings. The van der Waals surface area contributed by atoms with Crippen molar-refractivity contribution in [2.45, 2.75) is 38.7 Å². The van der Waals surface area contributed by atoms with E-state index < -0.39 is 11.4 Å². The first kappa shape index (κ1) is 20.6. The fourth-order valence-corrected chi connectivity index (χ4v) is 3.96. The molecule has 0 radical (unpaired) electrons. The third-order valence-electron chi connectivity index (χ3n) is 5.60. The van der Waals surface area contributed by atoms with Crippen LogP contribution in [0.2, 0.25) is 0 Å². The molecule has 1 aromatic heterocycles. The van der Waals surface area contributed by atoms with E-state index in [-0.39, 0.29) is 11.6 Å². The average Bonchev–Trinajstić information content (AvgIpc) is 2.98. The molecular formula is C22H28FN5O2. The number of nitrogens with zero attached hydrogens (tertiary/aromatic N) is 2. The van der Waals surface area contributed by atoms with Gasteiger partial charge < -0.3 is 25.8 Å². The van der Waals surface area contributed by atoms with Crippen LogP contribution < -0.4 is 20.7 Å². The lowest BCUT2D eigenvalue weighted by molar-refractivity contribution is 0.0144. The predicted molar refractivity (Wildman–Crippen MR) is 116 cm³/mol. The number of halogens is 1. The highest BCUT2D eigenvalue weighted by atomic mass is 19.1. The molecule has 1 aromatic carbocycles. The molecule has 0 saturated carbocycles. The summed E-state index contributed by atoms with van der Waals surface area (Å²) in [7, 11) is 1.77. The van der Waals surface area contributed by atoms with Gasteiger partial charge in [0.25, 0.3) is 0 Å². The van der Waals surface area contributed by atoms with Crippen molar-refractivity contribution in [3.63, 3.8) is 0 Å². The first-order valence-corrected chi connectivity index (χ1v) is 10.3. The van der Waals surface area contributed by atoms with Crippen molar-refractivity contribution in [1.29, 1.82) is 0 Å². The summed E-state index contributed by atoms with van der Waals surface area (Å²) >= 11 is 0. The van der Waals surface area contributed by atoms with Crippen LogP contribution in [-0.2, 0) is 5.60 Å². The lowest BCUT2D eigenvalue weighted by Gasteiger charge is -2.33. The Bertz CT molecular complexity index is 990. The molecule has 0 saturated heterocycles. The first-order chi connectivity index (χ1) is 14.4. The number of nitrogens with one attached hydrogen (secondary N) is 3. The topological polar surface area (TPSA) is 91.3 Å². The van der Waals surface area contributed by atoms with E-state index >= 15 is 4.39 Å². The fraction of sp³-hybridized carbons (Fsp3) is 0.455. The molecule has 0 amide bonds. The van der Waals surface area contributed by atoms with Crippen LogP contribution in [0.5, 0.6) is 5.75 Å². The predicted octanol–water partition coefficient (Wildman–Crippen LogP) is 3.47. The van der Waals surface area contributed by atoms with E-state index in [9.17, 15) is 5.11 Å². The quantitative estimate of drug-likeness (QED) is 0.610. The van der Waals surface area contributed by atoms with Gasteiger partial charge in [-0.15, -0.1) is 0 Å². The van der Waals surface area contributed by atoms with Gasteiger partial charge in [0.05, 0.1) is 23.5 Å². The van der Waals surface area contributed by atoms with Crippen molar-refractivity contribution in [3.05, 3.63) is 40.8 Å². The average molecular weight is 413 g/mol. The first-order valence-electron chi connectivity index (χ1n) is 10.3. The maximum atomic E-state index is 15.8. The Balaban J connectivity index is 1.86. The van der Waals surface area contributed by atoms with Gasteiger partial charge in [-0.05, 0) is 44.9 Å². The van der Waals surface area contributed by atoms with E-state index in [2.05, 4.69) is 25.9 Å². The van der Waals surface area contributed by atoms with Crippen molar-refractivity contribution in [2.24, 2.45) is 0 Å². The van der Waals surface area contributed by atoms with Gasteiger partial charge in [0.15, 0.2) is 5.82 Å². The third kappa shape index (κ3) is 3.97. The highest BCUT2D eigenvalue weighted by Gasteiger charge is 2.36. The van der Waals surface area contributed by atoms with Gasteiger partial charge in [0, 0.05) is 37.3 Å². The SMILES string of the molecule is CNc1cc(C)nc(Nc2cc3c(c(C4=CCNCCC4)c2F)OCC[C@@]3(C)O)n1. The normalized spacial score (nSPS) is 21.2. The summed E-state index contributed by atoms with van der Waals surface area (Å²) in [4.78, 5) is 8.75. The number of aliphatic hydroxyl groups is 1. The van der Waals surface area contributed by atoms with E-state index in [0.29, 0.717) is 42.3 Å². The molecule has 8 heteroatoms. The highest BCUT2D eigenvalue weighted by molar-refractivity contribution is 5.78. The second kappa shape index (κ2) is 8.20. The van der Waals surface area contributed by atoms with E-state index in [4.69, 9.17) is 4.74 Å². The summed E-state index contributed by atoms with van der Waals surface area (Å²) in [5, 5.41) is 20.3. The molecule has 2 aliphatic rings. The molecule has 0 fully saturated rings. The Morgan fingerprint density at radius 1 is 1.30 bits per heavy atom. The van der Waals surface area contributed by atoms with Crippen LogP contribution in [0.25, 0.3) is 5.57 Å². The van der Waals surface area contributed by atoms with Crippen molar-refractivity contribution < 1.29 is 14.2 Å². The van der Waals surface area contributed by atoms with Gasteiger partial charge in [-0.3, -0.25) is 0 Å². The van der Waals surface area contributed by atoms with Gasteiger partial charge in [0.2, 0.25) is 5.95 Å². The van der Waals surface area contributed by atoms with Gasteiger partial charge in [-0.1, -0.05) is 6.08 Å². The molecule has 160 valence electrons. The van der Waals surface area contributed by atoms with Crippen LogP contribution in [-0.4, -0.2) is 41.8 Å².